The zero-order chi connectivity index (χ0) is 12.9. The van der Waals surface area contributed by atoms with Crippen LogP contribution in [0.2, 0.25) is 0 Å². The van der Waals surface area contributed by atoms with Gasteiger partial charge in [-0.15, -0.1) is 0 Å². The van der Waals surface area contributed by atoms with Crippen molar-refractivity contribution in [2.24, 2.45) is 5.14 Å². The number of benzene rings is 1. The minimum atomic E-state index is -3.60. The molecule has 6 nitrogen and oxygen atoms in total. The Kier molecular flexibility index (Phi) is 4.41. The Hall–Kier alpha value is -1.67. The number of nitrogens with two attached hydrogens (primary N) is 1. The van der Waals surface area contributed by atoms with Gasteiger partial charge < -0.3 is 10.6 Å². The van der Waals surface area contributed by atoms with Crippen LogP contribution in [0.15, 0.2) is 24.3 Å². The average Bonchev–Trinajstić information content (AvgIpc) is 2.15. The first kappa shape index (κ1) is 13.4. The van der Waals surface area contributed by atoms with Crippen LogP contribution in [0.3, 0.4) is 0 Å². The highest BCUT2D eigenvalue weighted by Crippen LogP contribution is 2.08. The number of carbonyl (C=O) groups excluding carboxylic acids is 1. The van der Waals surface area contributed by atoms with Gasteiger partial charge in [-0.25, -0.2) is 22.7 Å². The van der Waals surface area contributed by atoms with E-state index in [-0.39, 0.29) is 18.0 Å². The number of primary sulfonamides is 1. The third-order valence-electron chi connectivity index (χ3n) is 1.75. The van der Waals surface area contributed by atoms with Crippen molar-refractivity contribution < 1.29 is 17.6 Å². The van der Waals surface area contributed by atoms with Crippen LogP contribution < -0.4 is 15.8 Å². The maximum Gasteiger partial charge on any atom is 0.319 e. The van der Waals surface area contributed by atoms with Crippen LogP contribution in [0.25, 0.3) is 0 Å². The summed E-state index contributed by atoms with van der Waals surface area (Å²) in [5, 5.41) is 9.36. The van der Waals surface area contributed by atoms with Gasteiger partial charge in [0, 0.05) is 12.2 Å². The molecule has 1 aromatic carbocycles. The van der Waals surface area contributed by atoms with E-state index >= 15 is 0 Å². The van der Waals surface area contributed by atoms with Gasteiger partial charge >= 0.3 is 6.03 Å². The first-order chi connectivity index (χ1) is 7.87. The number of anilines is 1. The molecule has 0 spiro atoms. The minimum Gasteiger partial charge on any atom is -0.337 e. The molecule has 0 aliphatic carbocycles. The molecule has 0 aromatic heterocycles. The molecule has 0 bridgehead atoms. The van der Waals surface area contributed by atoms with Gasteiger partial charge in [0.2, 0.25) is 10.0 Å². The SMILES string of the molecule is NS(=O)(=O)CCNC(=O)Nc1cccc(F)c1. The van der Waals surface area contributed by atoms with Gasteiger partial charge in [-0.1, -0.05) is 6.07 Å². The van der Waals surface area contributed by atoms with Crippen LogP contribution in [0.5, 0.6) is 0 Å². The van der Waals surface area contributed by atoms with E-state index in [0.29, 0.717) is 0 Å². The maximum absolute atomic E-state index is 12.8. The van der Waals surface area contributed by atoms with E-state index in [1.165, 1.54) is 18.2 Å². The Morgan fingerprint density at radius 2 is 2.12 bits per heavy atom. The number of rotatable bonds is 4. The number of nitrogens with one attached hydrogen (secondary N) is 2. The molecule has 94 valence electrons. The van der Waals surface area contributed by atoms with Gasteiger partial charge in [-0.2, -0.15) is 0 Å². The first-order valence-corrected chi connectivity index (χ1v) is 6.39. The number of sulfonamides is 1. The van der Waals surface area contributed by atoms with Crippen LogP contribution in [-0.4, -0.2) is 26.7 Å². The summed E-state index contributed by atoms with van der Waals surface area (Å²) in [7, 11) is -3.60. The van der Waals surface area contributed by atoms with E-state index in [4.69, 9.17) is 5.14 Å². The largest absolute Gasteiger partial charge is 0.337 e. The summed E-state index contributed by atoms with van der Waals surface area (Å²) >= 11 is 0. The molecule has 1 rings (SSSR count). The molecule has 0 saturated heterocycles. The highest BCUT2D eigenvalue weighted by atomic mass is 32.2. The fourth-order valence-electron chi connectivity index (χ4n) is 1.05. The van der Waals surface area contributed by atoms with E-state index in [2.05, 4.69) is 10.6 Å². The van der Waals surface area contributed by atoms with Gasteiger partial charge in [0.05, 0.1) is 5.75 Å². The molecule has 2 amide bonds. The van der Waals surface area contributed by atoms with Crippen molar-refractivity contribution in [2.45, 2.75) is 0 Å². The third-order valence-corrected chi connectivity index (χ3v) is 2.53. The van der Waals surface area contributed by atoms with Crippen LogP contribution in [0, 0.1) is 5.82 Å². The lowest BCUT2D eigenvalue weighted by atomic mass is 10.3. The van der Waals surface area contributed by atoms with Crippen LogP contribution >= 0.6 is 0 Å². The number of amides is 2. The standard InChI is InChI=1S/C9H12FN3O3S/c10-7-2-1-3-8(6-7)13-9(14)12-4-5-17(11,15)16/h1-3,6H,4-5H2,(H2,11,15,16)(H2,12,13,14). The van der Waals surface area contributed by atoms with Crippen molar-refractivity contribution in [2.75, 3.05) is 17.6 Å². The van der Waals surface area contributed by atoms with Gasteiger partial charge in [0.25, 0.3) is 0 Å². The average molecular weight is 261 g/mol. The number of halogens is 1. The second-order valence-corrected chi connectivity index (χ2v) is 4.99. The highest BCUT2D eigenvalue weighted by Gasteiger charge is 2.05. The fraction of sp³-hybridized carbons (Fsp3) is 0.222. The van der Waals surface area contributed by atoms with Gasteiger partial charge in [-0.3, -0.25) is 0 Å². The molecular formula is C9H12FN3O3S. The predicted molar refractivity (Wildman–Crippen MR) is 61.4 cm³/mol. The lowest BCUT2D eigenvalue weighted by Gasteiger charge is -2.06. The van der Waals surface area contributed by atoms with E-state index in [1.54, 1.807) is 0 Å². The minimum absolute atomic E-state index is 0.111. The monoisotopic (exact) mass is 261 g/mol. The van der Waals surface area contributed by atoms with E-state index in [0.717, 1.165) is 6.07 Å². The van der Waals surface area contributed by atoms with Crippen LogP contribution in [0.1, 0.15) is 0 Å². The molecule has 17 heavy (non-hydrogen) atoms. The van der Waals surface area contributed by atoms with Crippen molar-refractivity contribution in [3.05, 3.63) is 30.1 Å². The normalized spacial score (nSPS) is 10.9. The smallest absolute Gasteiger partial charge is 0.319 e. The quantitative estimate of drug-likeness (QED) is 0.723. The van der Waals surface area contributed by atoms with Crippen LogP contribution in [0.4, 0.5) is 14.9 Å². The van der Waals surface area contributed by atoms with Gasteiger partial charge in [0.15, 0.2) is 0 Å². The summed E-state index contributed by atoms with van der Waals surface area (Å²) in [6.45, 7) is -0.111. The van der Waals surface area contributed by atoms with Gasteiger partial charge in [-0.05, 0) is 18.2 Å². The van der Waals surface area contributed by atoms with Crippen molar-refractivity contribution >= 4 is 21.7 Å². The number of urea groups is 1. The number of hydrogen-bond acceptors (Lipinski definition) is 3. The lowest BCUT2D eigenvalue weighted by molar-refractivity contribution is 0.252. The van der Waals surface area contributed by atoms with E-state index in [1.807, 2.05) is 0 Å². The van der Waals surface area contributed by atoms with Gasteiger partial charge in [0.1, 0.15) is 5.82 Å². The topological polar surface area (TPSA) is 101 Å². The summed E-state index contributed by atoms with van der Waals surface area (Å²) in [6.07, 6.45) is 0. The van der Waals surface area contributed by atoms with E-state index in [9.17, 15) is 17.6 Å². The Bertz CT molecular complexity index is 504. The maximum atomic E-state index is 12.8. The first-order valence-electron chi connectivity index (χ1n) is 4.68. The molecule has 0 aliphatic rings. The summed E-state index contributed by atoms with van der Waals surface area (Å²) < 4.78 is 33.9. The molecular weight excluding hydrogens is 249 g/mol. The molecule has 0 aliphatic heterocycles. The Balaban J connectivity index is 2.40. The molecule has 4 N–H and O–H groups in total. The van der Waals surface area contributed by atoms with Crippen molar-refractivity contribution in [1.82, 2.24) is 5.32 Å². The molecule has 1 aromatic rings. The lowest BCUT2D eigenvalue weighted by Crippen LogP contribution is -2.34. The molecule has 0 saturated carbocycles. The van der Waals surface area contributed by atoms with Crippen molar-refractivity contribution in [3.8, 4) is 0 Å². The zero-order valence-electron chi connectivity index (χ0n) is 8.81. The Morgan fingerprint density at radius 1 is 1.41 bits per heavy atom. The van der Waals surface area contributed by atoms with Crippen molar-refractivity contribution in [1.29, 1.82) is 0 Å². The van der Waals surface area contributed by atoms with Crippen molar-refractivity contribution in [3.63, 3.8) is 0 Å². The third kappa shape index (κ3) is 5.83. The highest BCUT2D eigenvalue weighted by molar-refractivity contribution is 7.89. The zero-order valence-corrected chi connectivity index (χ0v) is 9.63. The predicted octanol–water partition coefficient (Wildman–Crippen LogP) is 0.236. The summed E-state index contributed by atoms with van der Waals surface area (Å²) in [5.41, 5.74) is 0.276. The number of carbonyl (C=O) groups is 1. The molecule has 8 heteroatoms. The second-order valence-electron chi connectivity index (χ2n) is 3.26. The fourth-order valence-corrected chi connectivity index (χ4v) is 1.43. The number of hydrogen-bond donors (Lipinski definition) is 3. The Morgan fingerprint density at radius 3 is 2.71 bits per heavy atom. The summed E-state index contributed by atoms with van der Waals surface area (Å²) in [4.78, 5) is 11.2. The molecule has 0 radical (unpaired) electrons. The molecule has 0 fully saturated rings. The molecule has 0 unspecified atom stereocenters. The van der Waals surface area contributed by atoms with Crippen LogP contribution in [-0.2, 0) is 10.0 Å². The summed E-state index contributed by atoms with van der Waals surface area (Å²) in [5.74, 6) is -0.837. The second kappa shape index (κ2) is 5.60. The van der Waals surface area contributed by atoms with E-state index < -0.39 is 21.9 Å². The molecule has 0 atom stereocenters. The summed E-state index contributed by atoms with van der Waals surface area (Å²) in [6, 6.07) is 4.69. The Labute approximate surface area is 98.1 Å². The molecule has 0 heterocycles.